The number of piperazine rings is 1. The van der Waals surface area contributed by atoms with Crippen LogP contribution in [0.3, 0.4) is 0 Å². The van der Waals surface area contributed by atoms with Gasteiger partial charge < -0.3 is 10.0 Å². The monoisotopic (exact) mass is 265 g/mol. The summed E-state index contributed by atoms with van der Waals surface area (Å²) in [6, 6.07) is 4.19. The summed E-state index contributed by atoms with van der Waals surface area (Å²) in [5.74, 6) is 0.128. The van der Waals surface area contributed by atoms with Crippen LogP contribution in [0.5, 0.6) is 5.75 Å². The molecule has 1 aliphatic rings. The largest absolute Gasteiger partial charge is 0.508 e. The summed E-state index contributed by atoms with van der Waals surface area (Å²) < 4.78 is 0. The van der Waals surface area contributed by atoms with Gasteiger partial charge in [-0.2, -0.15) is 0 Å². The van der Waals surface area contributed by atoms with E-state index in [4.69, 9.17) is 0 Å². The number of phenolic OH excluding ortho intramolecular Hbond substituents is 1. The lowest BCUT2D eigenvalue weighted by atomic mass is 10.1. The Morgan fingerprint density at radius 3 is 2.47 bits per heavy atom. The van der Waals surface area contributed by atoms with Crippen LogP contribution in [0, 0.1) is 10.1 Å². The molecule has 1 aromatic carbocycles. The Labute approximate surface area is 112 Å². The Bertz CT molecular complexity index is 456. The molecule has 0 bridgehead atoms. The lowest BCUT2D eigenvalue weighted by Crippen LogP contribution is -2.45. The highest BCUT2D eigenvalue weighted by Crippen LogP contribution is 2.24. The van der Waals surface area contributed by atoms with Crippen molar-refractivity contribution in [3.8, 4) is 5.75 Å². The molecule has 0 amide bonds. The van der Waals surface area contributed by atoms with Gasteiger partial charge in [0.15, 0.2) is 0 Å². The molecule has 104 valence electrons. The van der Waals surface area contributed by atoms with E-state index in [1.54, 1.807) is 0 Å². The molecule has 2 rings (SSSR count). The second-order valence-corrected chi connectivity index (χ2v) is 4.78. The Kier molecular flexibility index (Phi) is 4.34. The van der Waals surface area contributed by atoms with Gasteiger partial charge in [0.05, 0.1) is 4.92 Å². The molecule has 6 heteroatoms. The van der Waals surface area contributed by atoms with Crippen molar-refractivity contribution < 1.29 is 10.0 Å². The van der Waals surface area contributed by atoms with Gasteiger partial charge in [-0.15, -0.1) is 0 Å². The predicted octanol–water partition coefficient (Wildman–Crippen LogP) is 1.44. The van der Waals surface area contributed by atoms with Crippen molar-refractivity contribution in [2.45, 2.75) is 13.5 Å². The Morgan fingerprint density at radius 1 is 1.26 bits per heavy atom. The molecule has 0 saturated carbocycles. The zero-order valence-corrected chi connectivity index (χ0v) is 11.1. The van der Waals surface area contributed by atoms with Crippen LogP contribution in [-0.2, 0) is 6.54 Å². The zero-order valence-electron chi connectivity index (χ0n) is 11.1. The number of rotatable bonds is 4. The minimum Gasteiger partial charge on any atom is -0.508 e. The Balaban J connectivity index is 2.03. The van der Waals surface area contributed by atoms with Crippen LogP contribution >= 0.6 is 0 Å². The van der Waals surface area contributed by atoms with E-state index in [0.29, 0.717) is 12.1 Å². The first-order valence-electron chi connectivity index (χ1n) is 6.51. The van der Waals surface area contributed by atoms with Crippen LogP contribution in [0.4, 0.5) is 5.69 Å². The smallest absolute Gasteiger partial charge is 0.270 e. The molecule has 1 fully saturated rings. The van der Waals surface area contributed by atoms with Gasteiger partial charge in [0.2, 0.25) is 0 Å². The van der Waals surface area contributed by atoms with Gasteiger partial charge >= 0.3 is 0 Å². The van der Waals surface area contributed by atoms with Crippen LogP contribution < -0.4 is 0 Å². The minimum atomic E-state index is -0.433. The van der Waals surface area contributed by atoms with Crippen LogP contribution in [0.2, 0.25) is 0 Å². The molecule has 0 aliphatic carbocycles. The predicted molar refractivity (Wildman–Crippen MR) is 72.2 cm³/mol. The Morgan fingerprint density at radius 2 is 1.89 bits per heavy atom. The van der Waals surface area contributed by atoms with E-state index in [1.165, 1.54) is 18.2 Å². The van der Waals surface area contributed by atoms with E-state index in [-0.39, 0.29) is 11.4 Å². The molecule has 6 nitrogen and oxygen atoms in total. The topological polar surface area (TPSA) is 69.9 Å². The average molecular weight is 265 g/mol. The normalized spacial score (nSPS) is 17.5. The van der Waals surface area contributed by atoms with Crippen LogP contribution in [0.1, 0.15) is 12.5 Å². The number of benzene rings is 1. The average Bonchev–Trinajstić information content (AvgIpc) is 2.42. The number of hydrogen-bond acceptors (Lipinski definition) is 5. The molecule has 0 radical (unpaired) electrons. The molecule has 1 aliphatic heterocycles. The third kappa shape index (κ3) is 3.42. The molecule has 0 atom stereocenters. The van der Waals surface area contributed by atoms with Gasteiger partial charge in [-0.3, -0.25) is 15.0 Å². The maximum atomic E-state index is 10.7. The molecule has 0 aromatic heterocycles. The van der Waals surface area contributed by atoms with Gasteiger partial charge in [-0.25, -0.2) is 0 Å². The number of hydrogen-bond donors (Lipinski definition) is 1. The lowest BCUT2D eigenvalue weighted by molar-refractivity contribution is -0.385. The first kappa shape index (κ1) is 13.8. The van der Waals surface area contributed by atoms with E-state index in [0.717, 1.165) is 32.7 Å². The van der Waals surface area contributed by atoms with E-state index >= 15 is 0 Å². The fourth-order valence-electron chi connectivity index (χ4n) is 2.32. The fourth-order valence-corrected chi connectivity index (χ4v) is 2.32. The van der Waals surface area contributed by atoms with Crippen molar-refractivity contribution in [1.29, 1.82) is 0 Å². The van der Waals surface area contributed by atoms with Gasteiger partial charge in [0.1, 0.15) is 5.75 Å². The van der Waals surface area contributed by atoms with E-state index in [9.17, 15) is 15.2 Å². The third-order valence-corrected chi connectivity index (χ3v) is 3.58. The number of non-ortho nitro benzene ring substituents is 1. The molecule has 0 unspecified atom stereocenters. The van der Waals surface area contributed by atoms with Crippen molar-refractivity contribution in [3.63, 3.8) is 0 Å². The molecule has 1 N–H and O–H groups in total. The number of likely N-dealkylation sites (N-methyl/N-ethyl adjacent to an activating group) is 1. The number of aromatic hydroxyl groups is 1. The first-order chi connectivity index (χ1) is 9.10. The number of nitrogens with zero attached hydrogens (tertiary/aromatic N) is 3. The summed E-state index contributed by atoms with van der Waals surface area (Å²) in [6.07, 6.45) is 0. The Hall–Kier alpha value is -1.66. The molecule has 1 aromatic rings. The third-order valence-electron chi connectivity index (χ3n) is 3.58. The van der Waals surface area contributed by atoms with Crippen molar-refractivity contribution in [2.75, 3.05) is 32.7 Å². The molecular weight excluding hydrogens is 246 g/mol. The van der Waals surface area contributed by atoms with Crippen LogP contribution in [-0.4, -0.2) is 52.6 Å². The van der Waals surface area contributed by atoms with E-state index in [1.807, 2.05) is 0 Å². The molecule has 0 spiro atoms. The highest BCUT2D eigenvalue weighted by atomic mass is 16.6. The summed E-state index contributed by atoms with van der Waals surface area (Å²) in [5, 5.41) is 20.5. The highest BCUT2D eigenvalue weighted by Gasteiger charge is 2.18. The van der Waals surface area contributed by atoms with Gasteiger partial charge in [-0.1, -0.05) is 6.92 Å². The van der Waals surface area contributed by atoms with Crippen molar-refractivity contribution in [2.24, 2.45) is 0 Å². The van der Waals surface area contributed by atoms with Crippen LogP contribution in [0.15, 0.2) is 18.2 Å². The molecule has 1 heterocycles. The number of nitro benzene ring substituents is 1. The van der Waals surface area contributed by atoms with Crippen LogP contribution in [0.25, 0.3) is 0 Å². The van der Waals surface area contributed by atoms with Crippen molar-refractivity contribution in [3.05, 3.63) is 33.9 Å². The maximum absolute atomic E-state index is 10.7. The first-order valence-corrected chi connectivity index (χ1v) is 6.51. The standard InChI is InChI=1S/C13H19N3O3/c1-2-14-5-7-15(8-6-14)10-11-9-12(16(18)19)3-4-13(11)17/h3-4,9,17H,2,5-8,10H2,1H3. The highest BCUT2D eigenvalue weighted by molar-refractivity contribution is 5.42. The van der Waals surface area contributed by atoms with Gasteiger partial charge in [0, 0.05) is 50.4 Å². The molecule has 19 heavy (non-hydrogen) atoms. The number of phenols is 1. The van der Waals surface area contributed by atoms with Gasteiger partial charge in [-0.05, 0) is 12.6 Å². The maximum Gasteiger partial charge on any atom is 0.270 e. The van der Waals surface area contributed by atoms with E-state index < -0.39 is 4.92 Å². The fraction of sp³-hybridized carbons (Fsp3) is 0.538. The second-order valence-electron chi connectivity index (χ2n) is 4.78. The van der Waals surface area contributed by atoms with Crippen molar-refractivity contribution in [1.82, 2.24) is 9.80 Å². The summed E-state index contributed by atoms with van der Waals surface area (Å²) in [7, 11) is 0. The molecule has 1 saturated heterocycles. The quantitative estimate of drug-likeness (QED) is 0.659. The second kappa shape index (κ2) is 5.99. The summed E-state index contributed by atoms with van der Waals surface area (Å²) in [5.41, 5.74) is 0.652. The number of nitro groups is 1. The lowest BCUT2D eigenvalue weighted by Gasteiger charge is -2.34. The van der Waals surface area contributed by atoms with Crippen molar-refractivity contribution >= 4 is 5.69 Å². The SMILES string of the molecule is CCN1CCN(Cc2cc([N+](=O)[O-])ccc2O)CC1. The molecular formula is C13H19N3O3. The van der Waals surface area contributed by atoms with E-state index in [2.05, 4.69) is 16.7 Å². The van der Waals surface area contributed by atoms with Gasteiger partial charge in [0.25, 0.3) is 5.69 Å². The summed E-state index contributed by atoms with van der Waals surface area (Å²) in [4.78, 5) is 14.9. The summed E-state index contributed by atoms with van der Waals surface area (Å²) in [6.45, 7) is 7.62. The minimum absolute atomic E-state index is 0.0278. The zero-order chi connectivity index (χ0) is 13.8. The summed E-state index contributed by atoms with van der Waals surface area (Å²) >= 11 is 0.